The van der Waals surface area contributed by atoms with Gasteiger partial charge in [0.15, 0.2) is 5.78 Å². The van der Waals surface area contributed by atoms with Crippen molar-refractivity contribution in [3.05, 3.63) is 89.8 Å². The summed E-state index contributed by atoms with van der Waals surface area (Å²) < 4.78 is 2.87. The monoisotopic (exact) mass is 685 g/mol. The van der Waals surface area contributed by atoms with Crippen LogP contribution in [0.25, 0.3) is 42.2 Å². The van der Waals surface area contributed by atoms with Crippen molar-refractivity contribution in [2.75, 3.05) is 0 Å². The minimum absolute atomic E-state index is 0. The number of ketones is 1. The van der Waals surface area contributed by atoms with Gasteiger partial charge in [0.25, 0.3) is 0 Å². The number of aliphatic hydroxyl groups is 1. The molecule has 5 heteroatoms. The van der Waals surface area contributed by atoms with Gasteiger partial charge in [0.2, 0.25) is 0 Å². The van der Waals surface area contributed by atoms with Crippen LogP contribution in [0.3, 0.4) is 0 Å². The zero-order chi connectivity index (χ0) is 25.4. The second-order valence-electron chi connectivity index (χ2n) is 9.83. The van der Waals surface area contributed by atoms with Gasteiger partial charge in [-0.15, -0.1) is 47.2 Å². The Morgan fingerprint density at radius 1 is 1.03 bits per heavy atom. The Kier molecular flexibility index (Phi) is 8.28. The molecule has 0 saturated heterocycles. The molecule has 1 aliphatic rings. The number of carbonyl (C=O) groups is 1. The van der Waals surface area contributed by atoms with Crippen molar-refractivity contribution in [2.24, 2.45) is 0 Å². The van der Waals surface area contributed by atoms with Crippen molar-refractivity contribution in [3.8, 4) is 11.3 Å². The number of pyridine rings is 1. The summed E-state index contributed by atoms with van der Waals surface area (Å²) in [5.41, 5.74) is 5.23. The van der Waals surface area contributed by atoms with E-state index >= 15 is 0 Å². The van der Waals surface area contributed by atoms with E-state index in [0.29, 0.717) is 11.8 Å². The number of thiophene rings is 1. The van der Waals surface area contributed by atoms with Crippen molar-refractivity contribution < 1.29 is 30.0 Å². The minimum atomic E-state index is -0.125. The topological polar surface area (TPSA) is 50.2 Å². The number of aromatic nitrogens is 1. The summed E-state index contributed by atoms with van der Waals surface area (Å²) in [7, 11) is 0. The first-order chi connectivity index (χ1) is 17.3. The van der Waals surface area contributed by atoms with Gasteiger partial charge in [-0.25, -0.2) is 0 Å². The maximum atomic E-state index is 10.0. The third-order valence-electron chi connectivity index (χ3n) is 7.03. The molecule has 37 heavy (non-hydrogen) atoms. The van der Waals surface area contributed by atoms with E-state index in [-0.39, 0.29) is 31.6 Å². The van der Waals surface area contributed by atoms with Gasteiger partial charge in [0.05, 0.1) is 5.76 Å². The van der Waals surface area contributed by atoms with Crippen LogP contribution in [0.1, 0.15) is 63.5 Å². The van der Waals surface area contributed by atoms with Crippen molar-refractivity contribution >= 4 is 48.1 Å². The molecule has 0 saturated carbocycles. The average molecular weight is 685 g/mol. The predicted molar refractivity (Wildman–Crippen MR) is 152 cm³/mol. The van der Waals surface area contributed by atoms with Crippen molar-refractivity contribution in [1.29, 1.82) is 0 Å². The smallest absolute Gasteiger partial charge is 0.155 e. The summed E-state index contributed by atoms with van der Waals surface area (Å²) in [4.78, 5) is 14.7. The van der Waals surface area contributed by atoms with Gasteiger partial charge in [0.1, 0.15) is 0 Å². The molecule has 1 radical (unpaired) electrons. The Balaban J connectivity index is 0.000000356. The molecule has 2 heterocycles. The largest absolute Gasteiger partial charge is 0.512 e. The van der Waals surface area contributed by atoms with E-state index in [9.17, 15) is 4.79 Å². The average Bonchev–Trinajstić information content (AvgIpc) is 3.22. The van der Waals surface area contributed by atoms with Crippen molar-refractivity contribution in [1.82, 2.24) is 4.98 Å². The van der Waals surface area contributed by atoms with Crippen LogP contribution >= 0.6 is 11.3 Å². The van der Waals surface area contributed by atoms with Crippen LogP contribution < -0.4 is 0 Å². The molecular formula is C32H30IrNO2S-. The van der Waals surface area contributed by atoms with Crippen LogP contribution in [-0.2, 0) is 24.9 Å². The maximum Gasteiger partial charge on any atom is 0.155 e. The van der Waals surface area contributed by atoms with Gasteiger partial charge in [-0.3, -0.25) is 4.79 Å². The Hall–Kier alpha value is -2.85. The second-order valence-corrected chi connectivity index (χ2v) is 10.9. The van der Waals surface area contributed by atoms with Crippen LogP contribution in [0.2, 0.25) is 0 Å². The van der Waals surface area contributed by atoms with Crippen LogP contribution in [-0.4, -0.2) is 15.9 Å². The number of benzene rings is 3. The summed E-state index contributed by atoms with van der Waals surface area (Å²) in [6.07, 6.45) is 5.68. The van der Waals surface area contributed by atoms with Gasteiger partial charge in [0, 0.05) is 52.6 Å². The number of carbonyl (C=O) groups excluding carboxylic acids is 1. The van der Waals surface area contributed by atoms with Gasteiger partial charge in [-0.1, -0.05) is 32.0 Å². The van der Waals surface area contributed by atoms with E-state index in [1.165, 1.54) is 63.7 Å². The maximum absolute atomic E-state index is 10.0. The standard InChI is InChI=1S/C27H22NS.C5H8O2.Ir/c1-16-8-9-17(2)25-20(16)10-11-21-23-15-22-19(14-24(23)29-27(21)25)12-13-28-26(22)18-6-4-3-5-7-18;1-4(6)3-5(2)7;/h3-6,10-17H,8-9H2,1-2H3;3,6H,1-2H3;/q-1;;/b;4-3-;. The van der Waals surface area contributed by atoms with E-state index in [2.05, 4.69) is 62.4 Å². The summed E-state index contributed by atoms with van der Waals surface area (Å²) >= 11 is 1.97. The molecule has 5 aromatic rings. The van der Waals surface area contributed by atoms with E-state index in [1.54, 1.807) is 11.1 Å². The molecule has 0 amide bonds. The van der Waals surface area contributed by atoms with Crippen LogP contribution in [0.4, 0.5) is 0 Å². The molecule has 3 nitrogen and oxygen atoms in total. The molecule has 2 atom stereocenters. The SMILES string of the molecule is CC(=O)/C=C(/C)O.CC1CCC(C)c2c1ccc1c2sc2cc3ccnc(-c4[c-]cccc4)c3cc21.[Ir]. The Labute approximate surface area is 235 Å². The van der Waals surface area contributed by atoms with E-state index < -0.39 is 0 Å². The van der Waals surface area contributed by atoms with Gasteiger partial charge < -0.3 is 10.1 Å². The quantitative estimate of drug-likeness (QED) is 0.115. The van der Waals surface area contributed by atoms with E-state index in [4.69, 9.17) is 10.1 Å². The Morgan fingerprint density at radius 2 is 1.81 bits per heavy atom. The molecular weight excluding hydrogens is 655 g/mol. The first-order valence-corrected chi connectivity index (χ1v) is 13.3. The first kappa shape index (κ1) is 27.2. The molecule has 191 valence electrons. The number of fused-ring (bicyclic) bond motifs is 6. The normalized spacial score (nSPS) is 17.1. The first-order valence-electron chi connectivity index (χ1n) is 12.5. The number of rotatable bonds is 2. The number of allylic oxidation sites excluding steroid dienone is 2. The molecule has 0 aliphatic heterocycles. The zero-order valence-corrected chi connectivity index (χ0v) is 24.7. The third-order valence-corrected chi connectivity index (χ3v) is 8.23. The van der Waals surface area contributed by atoms with Gasteiger partial charge in [-0.2, -0.15) is 0 Å². The van der Waals surface area contributed by atoms with Crippen molar-refractivity contribution in [3.63, 3.8) is 0 Å². The molecule has 3 aromatic carbocycles. The van der Waals surface area contributed by atoms with E-state index in [0.717, 1.165) is 11.3 Å². The van der Waals surface area contributed by atoms with Crippen LogP contribution in [0.5, 0.6) is 0 Å². The molecule has 0 spiro atoms. The summed E-state index contributed by atoms with van der Waals surface area (Å²) in [5, 5.41) is 13.6. The summed E-state index contributed by atoms with van der Waals surface area (Å²) in [6.45, 7) is 7.63. The predicted octanol–water partition coefficient (Wildman–Crippen LogP) is 9.11. The molecule has 0 bridgehead atoms. The third kappa shape index (κ3) is 5.40. The molecule has 6 rings (SSSR count). The fraction of sp³-hybridized carbons (Fsp3) is 0.250. The molecule has 2 unspecified atom stereocenters. The van der Waals surface area contributed by atoms with Gasteiger partial charge in [-0.05, 0) is 78.3 Å². The molecule has 2 aromatic heterocycles. The fourth-order valence-electron chi connectivity index (χ4n) is 5.33. The number of aliphatic hydroxyl groups excluding tert-OH is 1. The number of hydrogen-bond acceptors (Lipinski definition) is 4. The Bertz CT molecular complexity index is 1620. The van der Waals surface area contributed by atoms with Gasteiger partial charge >= 0.3 is 0 Å². The minimum Gasteiger partial charge on any atom is -0.512 e. The summed E-state index contributed by atoms with van der Waals surface area (Å²) in [6, 6.07) is 23.1. The Morgan fingerprint density at radius 3 is 2.49 bits per heavy atom. The van der Waals surface area contributed by atoms with E-state index in [1.807, 2.05) is 29.7 Å². The zero-order valence-electron chi connectivity index (χ0n) is 21.5. The molecule has 1 aliphatic carbocycles. The molecule has 0 fully saturated rings. The fourth-order valence-corrected chi connectivity index (χ4v) is 6.73. The summed E-state index contributed by atoms with van der Waals surface area (Å²) in [5.74, 6) is 1.25. The number of nitrogens with zero attached hydrogens (tertiary/aromatic N) is 1. The van der Waals surface area contributed by atoms with Crippen molar-refractivity contribution in [2.45, 2.75) is 52.4 Å². The van der Waals surface area contributed by atoms with Crippen LogP contribution in [0, 0.1) is 6.07 Å². The molecule has 1 N–H and O–H groups in total. The number of hydrogen-bond donors (Lipinski definition) is 1. The van der Waals surface area contributed by atoms with Crippen LogP contribution in [0.15, 0.2) is 72.6 Å². The second kappa shape index (κ2) is 11.3.